The number of para-hydroxylation sites is 1. The molecule has 0 amide bonds. The highest BCUT2D eigenvalue weighted by atomic mass is 19.1. The summed E-state index contributed by atoms with van der Waals surface area (Å²) in [6, 6.07) is 13.0. The summed E-state index contributed by atoms with van der Waals surface area (Å²) >= 11 is 0. The second kappa shape index (κ2) is 6.34. The minimum Gasteiger partial charge on any atom is -0.485 e. The van der Waals surface area contributed by atoms with Crippen LogP contribution in [0, 0.1) is 12.7 Å². The topological polar surface area (TPSA) is 21.3 Å². The van der Waals surface area contributed by atoms with E-state index in [1.165, 1.54) is 11.6 Å². The molecule has 0 aliphatic carbocycles. The first kappa shape index (κ1) is 13.6. The highest BCUT2D eigenvalue weighted by molar-refractivity contribution is 5.35. The summed E-state index contributed by atoms with van der Waals surface area (Å²) in [7, 11) is 1.83. The Morgan fingerprint density at radius 1 is 1.11 bits per heavy atom. The standard InChI is InChI=1S/C16H18FNO/c1-12-6-8-13(9-7-12)11-19-16-14(10-18-2)4-3-5-15(16)17/h3-9,18H,10-11H2,1-2H3. The number of ether oxygens (including phenoxy) is 1. The number of benzene rings is 2. The number of rotatable bonds is 5. The molecule has 2 nitrogen and oxygen atoms in total. The van der Waals surface area contributed by atoms with Gasteiger partial charge >= 0.3 is 0 Å². The molecule has 2 rings (SSSR count). The van der Waals surface area contributed by atoms with E-state index < -0.39 is 0 Å². The van der Waals surface area contributed by atoms with Gasteiger partial charge in [-0.2, -0.15) is 0 Å². The van der Waals surface area contributed by atoms with E-state index in [2.05, 4.69) is 5.32 Å². The Morgan fingerprint density at radius 3 is 2.53 bits per heavy atom. The van der Waals surface area contributed by atoms with Gasteiger partial charge in [-0.3, -0.25) is 0 Å². The van der Waals surface area contributed by atoms with Gasteiger partial charge in [0.05, 0.1) is 0 Å². The van der Waals surface area contributed by atoms with E-state index in [0.29, 0.717) is 18.9 Å². The first-order chi connectivity index (χ1) is 9.20. The van der Waals surface area contributed by atoms with Crippen LogP contribution in [0.4, 0.5) is 4.39 Å². The Bertz CT molecular complexity index is 537. The van der Waals surface area contributed by atoms with Crippen LogP contribution in [0.25, 0.3) is 0 Å². The molecule has 0 aliphatic rings. The molecule has 19 heavy (non-hydrogen) atoms. The van der Waals surface area contributed by atoms with Crippen molar-refractivity contribution in [2.24, 2.45) is 0 Å². The van der Waals surface area contributed by atoms with Crippen LogP contribution >= 0.6 is 0 Å². The molecule has 0 aromatic heterocycles. The predicted octanol–water partition coefficient (Wildman–Crippen LogP) is 3.43. The molecule has 0 aliphatic heterocycles. The van der Waals surface area contributed by atoms with E-state index in [1.807, 2.05) is 44.3 Å². The SMILES string of the molecule is CNCc1cccc(F)c1OCc1ccc(C)cc1. The van der Waals surface area contributed by atoms with Gasteiger partial charge < -0.3 is 10.1 Å². The van der Waals surface area contributed by atoms with Crippen LogP contribution < -0.4 is 10.1 Å². The van der Waals surface area contributed by atoms with Gasteiger partial charge in [0.2, 0.25) is 0 Å². The lowest BCUT2D eigenvalue weighted by Crippen LogP contribution is -2.08. The average Bonchev–Trinajstić information content (AvgIpc) is 2.40. The zero-order chi connectivity index (χ0) is 13.7. The summed E-state index contributed by atoms with van der Waals surface area (Å²) in [6.45, 7) is 2.99. The third-order valence-electron chi connectivity index (χ3n) is 2.92. The fourth-order valence-electron chi connectivity index (χ4n) is 1.88. The summed E-state index contributed by atoms with van der Waals surface area (Å²) in [4.78, 5) is 0. The molecule has 0 heterocycles. The van der Waals surface area contributed by atoms with Crippen LogP contribution in [0.15, 0.2) is 42.5 Å². The Labute approximate surface area is 113 Å². The Hall–Kier alpha value is -1.87. The Kier molecular flexibility index (Phi) is 4.53. The summed E-state index contributed by atoms with van der Waals surface area (Å²) < 4.78 is 19.4. The van der Waals surface area contributed by atoms with Crippen LogP contribution in [0.3, 0.4) is 0 Å². The molecule has 0 unspecified atom stereocenters. The number of hydrogen-bond acceptors (Lipinski definition) is 2. The van der Waals surface area contributed by atoms with Gasteiger partial charge in [-0.05, 0) is 25.6 Å². The first-order valence-corrected chi connectivity index (χ1v) is 6.31. The van der Waals surface area contributed by atoms with Crippen LogP contribution in [-0.4, -0.2) is 7.05 Å². The van der Waals surface area contributed by atoms with Crippen LogP contribution in [-0.2, 0) is 13.2 Å². The smallest absolute Gasteiger partial charge is 0.165 e. The van der Waals surface area contributed by atoms with Crippen LogP contribution in [0.2, 0.25) is 0 Å². The molecule has 2 aromatic carbocycles. The van der Waals surface area contributed by atoms with Crippen molar-refractivity contribution in [2.45, 2.75) is 20.1 Å². The van der Waals surface area contributed by atoms with Gasteiger partial charge in [0.1, 0.15) is 6.61 Å². The van der Waals surface area contributed by atoms with E-state index in [1.54, 1.807) is 6.07 Å². The van der Waals surface area contributed by atoms with Crippen molar-refractivity contribution in [3.63, 3.8) is 0 Å². The highest BCUT2D eigenvalue weighted by Crippen LogP contribution is 2.23. The third kappa shape index (κ3) is 3.55. The largest absolute Gasteiger partial charge is 0.485 e. The maximum absolute atomic E-state index is 13.8. The zero-order valence-electron chi connectivity index (χ0n) is 11.2. The molecule has 0 saturated carbocycles. The lowest BCUT2D eigenvalue weighted by atomic mass is 10.1. The molecule has 0 spiro atoms. The molecule has 0 saturated heterocycles. The van der Waals surface area contributed by atoms with Gasteiger partial charge in [0.25, 0.3) is 0 Å². The fraction of sp³-hybridized carbons (Fsp3) is 0.250. The van der Waals surface area contributed by atoms with Gasteiger partial charge in [0.15, 0.2) is 11.6 Å². The first-order valence-electron chi connectivity index (χ1n) is 6.31. The normalized spacial score (nSPS) is 10.5. The molecular formula is C16H18FNO. The van der Waals surface area contributed by atoms with E-state index in [0.717, 1.165) is 11.1 Å². The Morgan fingerprint density at radius 2 is 1.84 bits per heavy atom. The zero-order valence-corrected chi connectivity index (χ0v) is 11.2. The molecule has 3 heteroatoms. The van der Waals surface area contributed by atoms with E-state index in [4.69, 9.17) is 4.74 Å². The quantitative estimate of drug-likeness (QED) is 0.888. The number of aryl methyl sites for hydroxylation is 1. The predicted molar refractivity (Wildman–Crippen MR) is 74.7 cm³/mol. The maximum atomic E-state index is 13.8. The van der Waals surface area contributed by atoms with E-state index in [9.17, 15) is 4.39 Å². The molecule has 0 radical (unpaired) electrons. The lowest BCUT2D eigenvalue weighted by Gasteiger charge is -2.12. The fourth-order valence-corrected chi connectivity index (χ4v) is 1.88. The van der Waals surface area contributed by atoms with Crippen LogP contribution in [0.1, 0.15) is 16.7 Å². The monoisotopic (exact) mass is 259 g/mol. The highest BCUT2D eigenvalue weighted by Gasteiger charge is 2.09. The molecule has 0 fully saturated rings. The van der Waals surface area contributed by atoms with Crippen molar-refractivity contribution < 1.29 is 9.13 Å². The summed E-state index contributed by atoms with van der Waals surface area (Å²) in [6.07, 6.45) is 0. The van der Waals surface area contributed by atoms with Crippen molar-refractivity contribution >= 4 is 0 Å². The van der Waals surface area contributed by atoms with Crippen LogP contribution in [0.5, 0.6) is 5.75 Å². The van der Waals surface area contributed by atoms with Crippen molar-refractivity contribution in [1.82, 2.24) is 5.32 Å². The van der Waals surface area contributed by atoms with E-state index in [-0.39, 0.29) is 5.82 Å². The molecule has 100 valence electrons. The van der Waals surface area contributed by atoms with Crippen molar-refractivity contribution in [3.8, 4) is 5.75 Å². The van der Waals surface area contributed by atoms with Crippen molar-refractivity contribution in [3.05, 3.63) is 65.0 Å². The van der Waals surface area contributed by atoms with Gasteiger partial charge in [-0.1, -0.05) is 42.0 Å². The molecule has 2 aromatic rings. The van der Waals surface area contributed by atoms with Crippen molar-refractivity contribution in [1.29, 1.82) is 0 Å². The maximum Gasteiger partial charge on any atom is 0.165 e. The second-order valence-corrected chi connectivity index (χ2v) is 4.53. The summed E-state index contributed by atoms with van der Waals surface area (Å²) in [5.41, 5.74) is 3.06. The summed E-state index contributed by atoms with van der Waals surface area (Å²) in [5, 5.41) is 3.01. The Balaban J connectivity index is 2.12. The van der Waals surface area contributed by atoms with Gasteiger partial charge in [-0.25, -0.2) is 4.39 Å². The van der Waals surface area contributed by atoms with Gasteiger partial charge in [0, 0.05) is 12.1 Å². The summed E-state index contributed by atoms with van der Waals surface area (Å²) in [5.74, 6) is 0.0114. The molecule has 1 N–H and O–H groups in total. The lowest BCUT2D eigenvalue weighted by molar-refractivity contribution is 0.286. The average molecular weight is 259 g/mol. The molecular weight excluding hydrogens is 241 g/mol. The minimum absolute atomic E-state index is 0.320. The number of nitrogens with one attached hydrogen (secondary N) is 1. The van der Waals surface area contributed by atoms with Gasteiger partial charge in [-0.15, -0.1) is 0 Å². The number of hydrogen-bond donors (Lipinski definition) is 1. The van der Waals surface area contributed by atoms with Crippen molar-refractivity contribution in [2.75, 3.05) is 7.05 Å². The minimum atomic E-state index is -0.320. The van der Waals surface area contributed by atoms with E-state index >= 15 is 0 Å². The molecule has 0 atom stereocenters. The molecule has 0 bridgehead atoms. The third-order valence-corrected chi connectivity index (χ3v) is 2.92. The number of halogens is 1. The second-order valence-electron chi connectivity index (χ2n) is 4.53.